The molecule has 19 heavy (non-hydrogen) atoms. The largest absolute Gasteiger partial charge is 0.480 e. The summed E-state index contributed by atoms with van der Waals surface area (Å²) in [6, 6.07) is -0.993. The van der Waals surface area contributed by atoms with Gasteiger partial charge in [-0.2, -0.15) is 0 Å². The van der Waals surface area contributed by atoms with Crippen LogP contribution in [0.25, 0.3) is 0 Å². The molecule has 7 nitrogen and oxygen atoms in total. The van der Waals surface area contributed by atoms with Gasteiger partial charge in [-0.15, -0.1) is 0 Å². The number of aromatic amines is 1. The van der Waals surface area contributed by atoms with Gasteiger partial charge >= 0.3 is 5.97 Å². The van der Waals surface area contributed by atoms with Gasteiger partial charge in [-0.1, -0.05) is 13.8 Å². The maximum Gasteiger partial charge on any atom is 0.326 e. The molecule has 0 saturated heterocycles. The second-order valence-electron chi connectivity index (χ2n) is 5.05. The van der Waals surface area contributed by atoms with Crippen molar-refractivity contribution in [3.8, 4) is 0 Å². The normalized spacial score (nSPS) is 13.0. The minimum Gasteiger partial charge on any atom is -0.480 e. The summed E-state index contributed by atoms with van der Waals surface area (Å²) in [6.07, 6.45) is 3.71. The molecular formula is C12H20N4O3. The average Bonchev–Trinajstić information content (AvgIpc) is 2.80. The van der Waals surface area contributed by atoms with Gasteiger partial charge in [0.05, 0.1) is 12.0 Å². The van der Waals surface area contributed by atoms with Crippen molar-refractivity contribution in [3.63, 3.8) is 0 Å². The van der Waals surface area contributed by atoms with Crippen LogP contribution in [-0.4, -0.2) is 39.5 Å². The van der Waals surface area contributed by atoms with Gasteiger partial charge in [-0.25, -0.2) is 9.78 Å². The number of aromatic nitrogens is 2. The lowest BCUT2D eigenvalue weighted by molar-refractivity contribution is -0.143. The number of nitrogens with zero attached hydrogens (tertiary/aromatic N) is 1. The molecule has 5 N–H and O–H groups in total. The molecule has 0 radical (unpaired) electrons. The zero-order chi connectivity index (χ0) is 14.5. The SMILES string of the molecule is CC(C)(CCN)C(=O)N[C@@H](Cc1c[nH]cn1)C(=O)O. The molecule has 0 aromatic carbocycles. The topological polar surface area (TPSA) is 121 Å². The highest BCUT2D eigenvalue weighted by Crippen LogP contribution is 2.19. The number of nitrogens with one attached hydrogen (secondary N) is 2. The van der Waals surface area contributed by atoms with Gasteiger partial charge in [0.25, 0.3) is 0 Å². The lowest BCUT2D eigenvalue weighted by atomic mass is 9.88. The van der Waals surface area contributed by atoms with E-state index in [-0.39, 0.29) is 12.3 Å². The predicted molar refractivity (Wildman–Crippen MR) is 69.3 cm³/mol. The van der Waals surface area contributed by atoms with Crippen LogP contribution in [0.2, 0.25) is 0 Å². The van der Waals surface area contributed by atoms with Gasteiger partial charge in [0, 0.05) is 18.0 Å². The van der Waals surface area contributed by atoms with Crippen LogP contribution in [0.4, 0.5) is 0 Å². The first-order valence-electron chi connectivity index (χ1n) is 6.08. The molecule has 1 rings (SSSR count). The third-order valence-corrected chi connectivity index (χ3v) is 2.96. The van der Waals surface area contributed by atoms with Gasteiger partial charge < -0.3 is 21.1 Å². The fourth-order valence-electron chi connectivity index (χ4n) is 1.64. The van der Waals surface area contributed by atoms with E-state index in [1.807, 2.05) is 0 Å². The highest BCUT2D eigenvalue weighted by molar-refractivity contribution is 5.87. The maximum absolute atomic E-state index is 12.0. The van der Waals surface area contributed by atoms with E-state index in [4.69, 9.17) is 10.8 Å². The summed E-state index contributed by atoms with van der Waals surface area (Å²) in [4.78, 5) is 29.9. The Morgan fingerprint density at radius 2 is 2.26 bits per heavy atom. The number of carboxylic acid groups (broad SMARTS) is 1. The van der Waals surface area contributed by atoms with E-state index in [0.717, 1.165) is 0 Å². The average molecular weight is 268 g/mol. The molecule has 0 aliphatic rings. The molecule has 0 spiro atoms. The quantitative estimate of drug-likeness (QED) is 0.550. The summed E-state index contributed by atoms with van der Waals surface area (Å²) >= 11 is 0. The molecule has 0 aliphatic carbocycles. The molecule has 1 atom stereocenters. The number of carbonyl (C=O) groups excluding carboxylic acids is 1. The number of hydrogen-bond acceptors (Lipinski definition) is 4. The first-order valence-corrected chi connectivity index (χ1v) is 6.08. The Bertz CT molecular complexity index is 428. The molecule has 7 heteroatoms. The minimum atomic E-state index is -1.08. The first-order chi connectivity index (χ1) is 8.86. The molecule has 0 aliphatic heterocycles. The van der Waals surface area contributed by atoms with Crippen molar-refractivity contribution >= 4 is 11.9 Å². The number of amides is 1. The van der Waals surface area contributed by atoms with Crippen LogP contribution >= 0.6 is 0 Å². The lowest BCUT2D eigenvalue weighted by Crippen LogP contribution is -2.48. The summed E-state index contributed by atoms with van der Waals surface area (Å²) in [6.45, 7) is 3.85. The fourth-order valence-corrected chi connectivity index (χ4v) is 1.64. The van der Waals surface area contributed by atoms with Crippen molar-refractivity contribution < 1.29 is 14.7 Å². The number of carboxylic acids is 1. The van der Waals surface area contributed by atoms with Crippen molar-refractivity contribution in [1.82, 2.24) is 15.3 Å². The molecule has 0 fully saturated rings. The number of aliphatic carboxylic acids is 1. The van der Waals surface area contributed by atoms with E-state index in [9.17, 15) is 9.59 Å². The fraction of sp³-hybridized carbons (Fsp3) is 0.583. The Kier molecular flexibility index (Phi) is 5.05. The standard InChI is InChI=1S/C12H20N4O3/c1-12(2,3-4-13)11(19)16-9(10(17)18)5-8-6-14-7-15-8/h6-7,9H,3-5,13H2,1-2H3,(H,14,15)(H,16,19)(H,17,18)/t9-/m0/s1. The maximum atomic E-state index is 12.0. The summed E-state index contributed by atoms with van der Waals surface area (Å²) in [5.41, 5.74) is 5.34. The second-order valence-corrected chi connectivity index (χ2v) is 5.05. The third-order valence-electron chi connectivity index (χ3n) is 2.96. The Labute approximate surface area is 111 Å². The van der Waals surface area contributed by atoms with Gasteiger partial charge in [-0.05, 0) is 13.0 Å². The van der Waals surface area contributed by atoms with E-state index in [0.29, 0.717) is 18.7 Å². The van der Waals surface area contributed by atoms with Gasteiger partial charge in [-0.3, -0.25) is 4.79 Å². The van der Waals surface area contributed by atoms with Crippen molar-refractivity contribution in [2.75, 3.05) is 6.54 Å². The second kappa shape index (κ2) is 6.33. The minimum absolute atomic E-state index is 0.142. The molecule has 1 aromatic heterocycles. The van der Waals surface area contributed by atoms with Crippen LogP contribution < -0.4 is 11.1 Å². The molecule has 1 aromatic rings. The van der Waals surface area contributed by atoms with Crippen LogP contribution in [-0.2, 0) is 16.0 Å². The zero-order valence-electron chi connectivity index (χ0n) is 11.1. The third kappa shape index (κ3) is 4.36. The highest BCUT2D eigenvalue weighted by Gasteiger charge is 2.30. The summed E-state index contributed by atoms with van der Waals surface area (Å²) in [7, 11) is 0. The molecule has 1 heterocycles. The van der Waals surface area contributed by atoms with Crippen molar-refractivity contribution in [3.05, 3.63) is 18.2 Å². The van der Waals surface area contributed by atoms with Crippen LogP contribution in [0.15, 0.2) is 12.5 Å². The van der Waals surface area contributed by atoms with Crippen LogP contribution in [0.5, 0.6) is 0 Å². The van der Waals surface area contributed by atoms with E-state index in [1.165, 1.54) is 6.33 Å². The number of hydrogen-bond donors (Lipinski definition) is 4. The number of nitrogens with two attached hydrogens (primary N) is 1. The molecular weight excluding hydrogens is 248 g/mol. The van der Waals surface area contributed by atoms with Crippen molar-refractivity contribution in [2.24, 2.45) is 11.1 Å². The summed E-state index contributed by atoms with van der Waals surface area (Å²) in [5.74, 6) is -1.40. The smallest absolute Gasteiger partial charge is 0.326 e. The predicted octanol–water partition coefficient (Wildman–Crippen LogP) is -0.103. The Hall–Kier alpha value is -1.89. The summed E-state index contributed by atoms with van der Waals surface area (Å²) in [5, 5.41) is 11.7. The highest BCUT2D eigenvalue weighted by atomic mass is 16.4. The number of imidazole rings is 1. The Balaban J connectivity index is 2.69. The molecule has 0 bridgehead atoms. The number of H-pyrrole nitrogens is 1. The van der Waals surface area contributed by atoms with E-state index >= 15 is 0 Å². The van der Waals surface area contributed by atoms with E-state index in [1.54, 1.807) is 20.0 Å². The Morgan fingerprint density at radius 3 is 2.74 bits per heavy atom. The van der Waals surface area contributed by atoms with Crippen LogP contribution in [0.3, 0.4) is 0 Å². The van der Waals surface area contributed by atoms with Crippen molar-refractivity contribution in [1.29, 1.82) is 0 Å². The van der Waals surface area contributed by atoms with Crippen LogP contribution in [0, 0.1) is 5.41 Å². The molecule has 0 saturated carbocycles. The van der Waals surface area contributed by atoms with Gasteiger partial charge in [0.15, 0.2) is 0 Å². The van der Waals surface area contributed by atoms with Crippen LogP contribution in [0.1, 0.15) is 26.0 Å². The van der Waals surface area contributed by atoms with Gasteiger partial charge in [0.1, 0.15) is 6.04 Å². The van der Waals surface area contributed by atoms with Gasteiger partial charge in [0.2, 0.25) is 5.91 Å². The first kappa shape index (κ1) is 15.2. The molecule has 0 unspecified atom stereocenters. The Morgan fingerprint density at radius 1 is 1.58 bits per heavy atom. The molecule has 106 valence electrons. The lowest BCUT2D eigenvalue weighted by Gasteiger charge is -2.25. The van der Waals surface area contributed by atoms with Crippen molar-refractivity contribution in [2.45, 2.75) is 32.7 Å². The number of rotatable bonds is 7. The monoisotopic (exact) mass is 268 g/mol. The molecule has 1 amide bonds. The summed E-state index contributed by atoms with van der Waals surface area (Å²) < 4.78 is 0. The van der Waals surface area contributed by atoms with E-state index in [2.05, 4.69) is 15.3 Å². The van der Waals surface area contributed by atoms with E-state index < -0.39 is 17.4 Å². The zero-order valence-corrected chi connectivity index (χ0v) is 11.1. The number of carbonyl (C=O) groups is 2.